The second kappa shape index (κ2) is 7.97. The Labute approximate surface area is 180 Å². The Balaban J connectivity index is 1.51. The van der Waals surface area contributed by atoms with Crippen LogP contribution in [0.25, 0.3) is 10.8 Å². The van der Waals surface area contributed by atoms with Gasteiger partial charge in [0.25, 0.3) is 11.8 Å². The SMILES string of the molecule is CC(C)Oc1cc2c(OCC[C@H]3NC(=O)[C@@H]4OC(C)(C)O[C@H]34)nccc2cc1C(N)=O. The van der Waals surface area contributed by atoms with Crippen LogP contribution in [-0.4, -0.2) is 53.5 Å². The number of nitrogens with two attached hydrogens (primary N) is 1. The summed E-state index contributed by atoms with van der Waals surface area (Å²) < 4.78 is 23.3. The van der Waals surface area contributed by atoms with E-state index < -0.39 is 17.8 Å². The molecule has 0 bridgehead atoms. The summed E-state index contributed by atoms with van der Waals surface area (Å²) in [6.45, 7) is 7.64. The first-order valence-electron chi connectivity index (χ1n) is 10.3. The molecule has 2 aromatic rings. The minimum atomic E-state index is -0.783. The first-order valence-corrected chi connectivity index (χ1v) is 10.3. The van der Waals surface area contributed by atoms with Crippen LogP contribution in [0.1, 0.15) is 44.5 Å². The third-order valence-corrected chi connectivity index (χ3v) is 5.24. The zero-order valence-corrected chi connectivity index (χ0v) is 18.0. The summed E-state index contributed by atoms with van der Waals surface area (Å²) in [5.41, 5.74) is 5.82. The third kappa shape index (κ3) is 4.28. The summed E-state index contributed by atoms with van der Waals surface area (Å²) in [6.07, 6.45) is 1.05. The molecule has 2 aliphatic heterocycles. The second-order valence-electron chi connectivity index (χ2n) is 8.49. The molecule has 1 aromatic heterocycles. The molecule has 166 valence electrons. The summed E-state index contributed by atoms with van der Waals surface area (Å²) in [4.78, 5) is 28.3. The van der Waals surface area contributed by atoms with Gasteiger partial charge in [-0.05, 0) is 51.3 Å². The summed E-state index contributed by atoms with van der Waals surface area (Å²) in [7, 11) is 0. The standard InChI is InChI=1S/C22H27N3O6/c1-11(2)29-16-10-13-12(9-14(16)19(23)26)5-7-24-21(13)28-8-6-15-17-18(20(27)25-15)31-22(3,4)30-17/h5,7,9-11,15,17-18H,6,8H2,1-4H3,(H2,23,26)(H,25,27)/t15-,17-,18-/m1/s1. The Morgan fingerprint density at radius 2 is 2.10 bits per heavy atom. The number of amides is 2. The molecule has 2 saturated heterocycles. The van der Waals surface area contributed by atoms with Crippen molar-refractivity contribution in [2.75, 3.05) is 6.61 Å². The van der Waals surface area contributed by atoms with Gasteiger partial charge in [-0.15, -0.1) is 0 Å². The Morgan fingerprint density at radius 3 is 2.81 bits per heavy atom. The molecular formula is C22H27N3O6. The minimum Gasteiger partial charge on any atom is -0.490 e. The number of carbonyl (C=O) groups excluding carboxylic acids is 2. The van der Waals surface area contributed by atoms with Crippen molar-refractivity contribution in [1.29, 1.82) is 0 Å². The van der Waals surface area contributed by atoms with E-state index in [1.807, 2.05) is 13.8 Å². The van der Waals surface area contributed by atoms with Crippen molar-refractivity contribution >= 4 is 22.6 Å². The molecule has 0 radical (unpaired) electrons. The Morgan fingerprint density at radius 1 is 1.32 bits per heavy atom. The zero-order valence-electron chi connectivity index (χ0n) is 18.0. The van der Waals surface area contributed by atoms with Crippen LogP contribution in [0.2, 0.25) is 0 Å². The van der Waals surface area contributed by atoms with Gasteiger partial charge >= 0.3 is 0 Å². The van der Waals surface area contributed by atoms with Gasteiger partial charge in [0.1, 0.15) is 11.9 Å². The fraction of sp³-hybridized carbons (Fsp3) is 0.500. The maximum atomic E-state index is 12.2. The van der Waals surface area contributed by atoms with E-state index >= 15 is 0 Å². The van der Waals surface area contributed by atoms with E-state index in [0.29, 0.717) is 35.6 Å². The molecular weight excluding hydrogens is 402 g/mol. The highest BCUT2D eigenvalue weighted by atomic mass is 16.8. The van der Waals surface area contributed by atoms with Crippen LogP contribution in [0.15, 0.2) is 24.4 Å². The largest absolute Gasteiger partial charge is 0.490 e. The number of fused-ring (bicyclic) bond motifs is 2. The van der Waals surface area contributed by atoms with Gasteiger partial charge < -0.3 is 30.0 Å². The number of hydrogen-bond acceptors (Lipinski definition) is 7. The van der Waals surface area contributed by atoms with Crippen LogP contribution >= 0.6 is 0 Å². The van der Waals surface area contributed by atoms with Crippen molar-refractivity contribution in [1.82, 2.24) is 10.3 Å². The number of aromatic nitrogens is 1. The number of nitrogens with zero attached hydrogens (tertiary/aromatic N) is 1. The fourth-order valence-corrected chi connectivity index (χ4v) is 3.99. The number of nitrogens with one attached hydrogen (secondary N) is 1. The van der Waals surface area contributed by atoms with Crippen LogP contribution in [0.4, 0.5) is 0 Å². The third-order valence-electron chi connectivity index (χ3n) is 5.24. The molecule has 3 N–H and O–H groups in total. The van der Waals surface area contributed by atoms with Gasteiger partial charge in [-0.3, -0.25) is 9.59 Å². The van der Waals surface area contributed by atoms with E-state index in [1.54, 1.807) is 38.2 Å². The maximum absolute atomic E-state index is 12.2. The molecule has 9 heteroatoms. The van der Waals surface area contributed by atoms with E-state index in [9.17, 15) is 9.59 Å². The van der Waals surface area contributed by atoms with Crippen LogP contribution in [0.3, 0.4) is 0 Å². The normalized spacial score (nSPS) is 24.3. The molecule has 2 fully saturated rings. The van der Waals surface area contributed by atoms with Crippen LogP contribution in [0.5, 0.6) is 11.6 Å². The smallest absolute Gasteiger partial charge is 0.252 e. The lowest BCUT2D eigenvalue weighted by molar-refractivity contribution is -0.162. The Bertz CT molecular complexity index is 1020. The van der Waals surface area contributed by atoms with Gasteiger partial charge in [-0.25, -0.2) is 4.98 Å². The second-order valence-corrected chi connectivity index (χ2v) is 8.49. The van der Waals surface area contributed by atoms with E-state index in [0.717, 1.165) is 5.39 Å². The molecule has 4 rings (SSSR count). The summed E-state index contributed by atoms with van der Waals surface area (Å²) >= 11 is 0. The molecule has 2 aliphatic rings. The molecule has 0 saturated carbocycles. The Kier molecular flexibility index (Phi) is 5.49. The fourth-order valence-electron chi connectivity index (χ4n) is 3.99. The number of ether oxygens (including phenoxy) is 4. The van der Waals surface area contributed by atoms with Gasteiger partial charge in [0.15, 0.2) is 11.9 Å². The summed E-state index contributed by atoms with van der Waals surface area (Å²) in [5, 5.41) is 4.38. The zero-order chi connectivity index (χ0) is 22.3. The quantitative estimate of drug-likeness (QED) is 0.689. The first-order chi connectivity index (χ1) is 14.6. The molecule has 0 aliphatic carbocycles. The number of primary amides is 1. The molecule has 1 aromatic carbocycles. The maximum Gasteiger partial charge on any atom is 0.252 e. The van der Waals surface area contributed by atoms with Crippen molar-refractivity contribution in [3.63, 3.8) is 0 Å². The highest BCUT2D eigenvalue weighted by molar-refractivity contribution is 6.01. The topological polar surface area (TPSA) is 122 Å². The summed E-state index contributed by atoms with van der Waals surface area (Å²) in [6, 6.07) is 4.97. The van der Waals surface area contributed by atoms with E-state index in [-0.39, 0.29) is 24.2 Å². The highest BCUT2D eigenvalue weighted by Crippen LogP contribution is 2.35. The number of benzene rings is 1. The highest BCUT2D eigenvalue weighted by Gasteiger charge is 2.53. The molecule has 0 unspecified atom stereocenters. The predicted octanol–water partition coefficient (Wildman–Crippen LogP) is 1.91. The van der Waals surface area contributed by atoms with Crippen molar-refractivity contribution in [2.24, 2.45) is 5.73 Å². The number of rotatable bonds is 7. The molecule has 31 heavy (non-hydrogen) atoms. The van der Waals surface area contributed by atoms with Gasteiger partial charge in [0.05, 0.1) is 24.3 Å². The molecule has 3 heterocycles. The lowest BCUT2D eigenvalue weighted by Gasteiger charge is -2.22. The summed E-state index contributed by atoms with van der Waals surface area (Å²) in [5.74, 6) is -0.721. The van der Waals surface area contributed by atoms with E-state index in [1.165, 1.54) is 0 Å². The van der Waals surface area contributed by atoms with Crippen molar-refractivity contribution < 1.29 is 28.5 Å². The monoisotopic (exact) mass is 429 g/mol. The Hall–Kier alpha value is -2.91. The molecule has 0 spiro atoms. The van der Waals surface area contributed by atoms with Crippen molar-refractivity contribution in [2.45, 2.75) is 64.3 Å². The van der Waals surface area contributed by atoms with Crippen LogP contribution in [-0.2, 0) is 14.3 Å². The van der Waals surface area contributed by atoms with Gasteiger partial charge in [0, 0.05) is 18.0 Å². The van der Waals surface area contributed by atoms with Crippen LogP contribution < -0.4 is 20.5 Å². The van der Waals surface area contributed by atoms with Gasteiger partial charge in [0.2, 0.25) is 5.88 Å². The number of pyridine rings is 1. The predicted molar refractivity (Wildman–Crippen MR) is 112 cm³/mol. The average molecular weight is 429 g/mol. The molecule has 9 nitrogen and oxygen atoms in total. The first kappa shape index (κ1) is 21.3. The van der Waals surface area contributed by atoms with Gasteiger partial charge in [-0.1, -0.05) is 0 Å². The number of hydrogen-bond donors (Lipinski definition) is 2. The average Bonchev–Trinajstić information content (AvgIpc) is 3.15. The van der Waals surface area contributed by atoms with Crippen LogP contribution in [0, 0.1) is 0 Å². The lowest BCUT2D eigenvalue weighted by atomic mass is 10.1. The van der Waals surface area contributed by atoms with E-state index in [2.05, 4.69) is 10.3 Å². The lowest BCUT2D eigenvalue weighted by Crippen LogP contribution is -2.37. The molecule has 3 atom stereocenters. The minimum absolute atomic E-state index is 0.131. The van der Waals surface area contributed by atoms with Gasteiger partial charge in [-0.2, -0.15) is 0 Å². The van der Waals surface area contributed by atoms with Crippen molar-refractivity contribution in [3.05, 3.63) is 30.0 Å². The van der Waals surface area contributed by atoms with E-state index in [4.69, 9.17) is 24.7 Å². The number of carbonyl (C=O) groups is 2. The molecule has 2 amide bonds. The van der Waals surface area contributed by atoms with Crippen molar-refractivity contribution in [3.8, 4) is 11.6 Å².